The third-order valence-corrected chi connectivity index (χ3v) is 2.72. The predicted molar refractivity (Wildman–Crippen MR) is 75.7 cm³/mol. The van der Waals surface area contributed by atoms with Gasteiger partial charge < -0.3 is 14.7 Å². The zero-order chi connectivity index (χ0) is 15.4. The van der Waals surface area contributed by atoms with Crippen LogP contribution < -0.4 is 4.74 Å². The Bertz CT molecular complexity index is 666. The summed E-state index contributed by atoms with van der Waals surface area (Å²) >= 11 is 0. The fourth-order valence-corrected chi connectivity index (χ4v) is 1.67. The van der Waals surface area contributed by atoms with Gasteiger partial charge in [0.05, 0.1) is 5.56 Å². The Morgan fingerprint density at radius 3 is 2.43 bits per heavy atom. The normalized spacial score (nSPS) is 10.0. The Labute approximate surface area is 121 Å². The van der Waals surface area contributed by atoms with Crippen molar-refractivity contribution >= 4 is 11.9 Å². The van der Waals surface area contributed by atoms with Gasteiger partial charge in [-0.3, -0.25) is 4.79 Å². The molecule has 0 aliphatic heterocycles. The van der Waals surface area contributed by atoms with Crippen molar-refractivity contribution in [2.24, 2.45) is 0 Å². The minimum absolute atomic E-state index is 0.0488. The third-order valence-electron chi connectivity index (χ3n) is 2.72. The molecule has 1 N–H and O–H groups in total. The summed E-state index contributed by atoms with van der Waals surface area (Å²) in [4.78, 5) is 28.3. The fourth-order valence-electron chi connectivity index (χ4n) is 1.67. The molecule has 0 aliphatic rings. The number of aromatic nitrogens is 1. The number of carboxylic acid groups (broad SMARTS) is 1. The number of carbonyl (C=O) groups excluding carboxylic acids is 1. The van der Waals surface area contributed by atoms with Crippen molar-refractivity contribution in [2.45, 2.75) is 0 Å². The van der Waals surface area contributed by atoms with Gasteiger partial charge in [-0.1, -0.05) is 12.1 Å². The number of para-hydroxylation sites is 1. The largest absolute Gasteiger partial charge is 0.478 e. The number of carboxylic acids is 1. The molecule has 6 heteroatoms. The van der Waals surface area contributed by atoms with Gasteiger partial charge in [-0.15, -0.1) is 0 Å². The zero-order valence-electron chi connectivity index (χ0n) is 11.6. The average Bonchev–Trinajstić information content (AvgIpc) is 2.47. The predicted octanol–water partition coefficient (Wildman–Crippen LogP) is 2.27. The first-order valence-corrected chi connectivity index (χ1v) is 6.17. The minimum atomic E-state index is -1.08. The van der Waals surface area contributed by atoms with Crippen LogP contribution >= 0.6 is 0 Å². The van der Waals surface area contributed by atoms with E-state index in [1.54, 1.807) is 38.4 Å². The molecule has 0 saturated carbocycles. The first kappa shape index (κ1) is 14.5. The molecule has 0 unspecified atom stereocenters. The second-order valence-electron chi connectivity index (χ2n) is 4.49. The van der Waals surface area contributed by atoms with Crippen LogP contribution in [0.1, 0.15) is 20.7 Å². The molecule has 1 amide bonds. The molecule has 1 heterocycles. The molecule has 0 radical (unpaired) electrons. The van der Waals surface area contributed by atoms with Crippen molar-refractivity contribution in [1.82, 2.24) is 9.88 Å². The van der Waals surface area contributed by atoms with E-state index in [4.69, 9.17) is 9.84 Å². The summed E-state index contributed by atoms with van der Waals surface area (Å²) in [5.74, 6) is -0.826. The molecule has 0 fully saturated rings. The SMILES string of the molecule is CN(C)C(=O)c1ccc(Oc2ccccc2C(=O)O)nc1. The Morgan fingerprint density at radius 1 is 1.14 bits per heavy atom. The van der Waals surface area contributed by atoms with Crippen molar-refractivity contribution in [1.29, 1.82) is 0 Å². The molecule has 0 saturated heterocycles. The molecular weight excluding hydrogens is 272 g/mol. The van der Waals surface area contributed by atoms with Crippen molar-refractivity contribution in [3.63, 3.8) is 0 Å². The van der Waals surface area contributed by atoms with Crippen LogP contribution in [0.2, 0.25) is 0 Å². The van der Waals surface area contributed by atoms with E-state index >= 15 is 0 Å². The molecule has 1 aromatic heterocycles. The average molecular weight is 286 g/mol. The summed E-state index contributed by atoms with van der Waals surface area (Å²) in [5, 5.41) is 9.07. The number of nitrogens with zero attached hydrogens (tertiary/aromatic N) is 2. The second kappa shape index (κ2) is 6.04. The maximum absolute atomic E-state index is 11.7. The first-order valence-electron chi connectivity index (χ1n) is 6.17. The summed E-state index contributed by atoms with van der Waals surface area (Å²) in [6.07, 6.45) is 1.39. The van der Waals surface area contributed by atoms with Gasteiger partial charge in [0.1, 0.15) is 11.3 Å². The highest BCUT2D eigenvalue weighted by atomic mass is 16.5. The van der Waals surface area contributed by atoms with Crippen molar-refractivity contribution in [3.05, 3.63) is 53.7 Å². The van der Waals surface area contributed by atoms with E-state index in [2.05, 4.69) is 4.98 Å². The molecule has 2 aromatic rings. The standard InChI is InChI=1S/C15H14N2O4/c1-17(2)14(18)10-7-8-13(16-9-10)21-12-6-4-3-5-11(12)15(19)20/h3-9H,1-2H3,(H,19,20). The summed E-state index contributed by atoms with van der Waals surface area (Å²) in [5.41, 5.74) is 0.478. The quantitative estimate of drug-likeness (QED) is 0.932. The van der Waals surface area contributed by atoms with Gasteiger partial charge in [0.15, 0.2) is 0 Å². The molecule has 0 aliphatic carbocycles. The number of aromatic carboxylic acids is 1. The van der Waals surface area contributed by atoms with Gasteiger partial charge in [-0.05, 0) is 18.2 Å². The lowest BCUT2D eigenvalue weighted by Gasteiger charge is -2.11. The van der Waals surface area contributed by atoms with E-state index in [0.29, 0.717) is 5.56 Å². The summed E-state index contributed by atoms with van der Waals surface area (Å²) < 4.78 is 5.45. The highest BCUT2D eigenvalue weighted by Crippen LogP contribution is 2.23. The number of rotatable bonds is 4. The number of amides is 1. The number of pyridine rings is 1. The van der Waals surface area contributed by atoms with Gasteiger partial charge >= 0.3 is 5.97 Å². The van der Waals surface area contributed by atoms with Crippen molar-refractivity contribution < 1.29 is 19.4 Å². The third kappa shape index (κ3) is 3.36. The zero-order valence-corrected chi connectivity index (χ0v) is 11.6. The smallest absolute Gasteiger partial charge is 0.339 e. The molecule has 21 heavy (non-hydrogen) atoms. The van der Waals surface area contributed by atoms with Gasteiger partial charge in [0, 0.05) is 26.4 Å². The lowest BCUT2D eigenvalue weighted by Crippen LogP contribution is -2.21. The first-order chi connectivity index (χ1) is 9.99. The monoisotopic (exact) mass is 286 g/mol. The maximum Gasteiger partial charge on any atom is 0.339 e. The van der Waals surface area contributed by atoms with Crippen LogP contribution in [-0.4, -0.2) is 41.0 Å². The van der Waals surface area contributed by atoms with Crippen LogP contribution in [0.4, 0.5) is 0 Å². The fraction of sp³-hybridized carbons (Fsp3) is 0.133. The molecule has 6 nitrogen and oxygen atoms in total. The Balaban J connectivity index is 2.22. The van der Waals surface area contributed by atoms with Gasteiger partial charge in [-0.2, -0.15) is 0 Å². The Kier molecular flexibility index (Phi) is 4.18. The number of carbonyl (C=O) groups is 2. The number of hydrogen-bond acceptors (Lipinski definition) is 4. The molecule has 0 bridgehead atoms. The van der Waals surface area contributed by atoms with Crippen LogP contribution in [0.3, 0.4) is 0 Å². The van der Waals surface area contributed by atoms with Crippen molar-refractivity contribution in [2.75, 3.05) is 14.1 Å². The lowest BCUT2D eigenvalue weighted by molar-refractivity contribution is 0.0693. The van der Waals surface area contributed by atoms with Crippen molar-refractivity contribution in [3.8, 4) is 11.6 Å². The minimum Gasteiger partial charge on any atom is -0.478 e. The molecule has 1 aromatic carbocycles. The Morgan fingerprint density at radius 2 is 1.86 bits per heavy atom. The molecule has 2 rings (SSSR count). The number of hydrogen-bond donors (Lipinski definition) is 1. The molecule has 108 valence electrons. The summed E-state index contributed by atoms with van der Waals surface area (Å²) in [6, 6.07) is 9.38. The summed E-state index contributed by atoms with van der Waals surface area (Å²) in [7, 11) is 3.30. The number of benzene rings is 1. The maximum atomic E-state index is 11.7. The van der Waals surface area contributed by atoms with E-state index in [1.807, 2.05) is 0 Å². The van der Waals surface area contributed by atoms with Gasteiger partial charge in [0.2, 0.25) is 5.88 Å². The topological polar surface area (TPSA) is 79.7 Å². The van der Waals surface area contributed by atoms with E-state index in [-0.39, 0.29) is 23.1 Å². The lowest BCUT2D eigenvalue weighted by atomic mass is 10.2. The molecular formula is C15H14N2O4. The van der Waals surface area contributed by atoms with E-state index in [9.17, 15) is 9.59 Å². The van der Waals surface area contributed by atoms with Crippen LogP contribution in [0, 0.1) is 0 Å². The van der Waals surface area contributed by atoms with Crippen LogP contribution in [0.25, 0.3) is 0 Å². The molecule has 0 spiro atoms. The summed E-state index contributed by atoms with van der Waals surface area (Å²) in [6.45, 7) is 0. The van der Waals surface area contributed by atoms with Crippen LogP contribution in [-0.2, 0) is 0 Å². The van der Waals surface area contributed by atoms with E-state index in [0.717, 1.165) is 0 Å². The number of ether oxygens (including phenoxy) is 1. The highest BCUT2D eigenvalue weighted by molar-refractivity contribution is 5.93. The van der Waals surface area contributed by atoms with E-state index in [1.165, 1.54) is 23.2 Å². The van der Waals surface area contributed by atoms with Crippen LogP contribution in [0.15, 0.2) is 42.6 Å². The Hall–Kier alpha value is -2.89. The van der Waals surface area contributed by atoms with Crippen LogP contribution in [0.5, 0.6) is 11.6 Å². The second-order valence-corrected chi connectivity index (χ2v) is 4.49. The highest BCUT2D eigenvalue weighted by Gasteiger charge is 2.12. The van der Waals surface area contributed by atoms with E-state index < -0.39 is 5.97 Å². The van der Waals surface area contributed by atoms with Gasteiger partial charge in [-0.25, -0.2) is 9.78 Å². The molecule has 0 atom stereocenters. The van der Waals surface area contributed by atoms with Gasteiger partial charge in [0.25, 0.3) is 5.91 Å².